The summed E-state index contributed by atoms with van der Waals surface area (Å²) in [5.74, 6) is -0.393. The lowest BCUT2D eigenvalue weighted by atomic mass is 9.90. The number of nitrogens with zero attached hydrogens (tertiary/aromatic N) is 8. The molecule has 8 heterocycles. The first kappa shape index (κ1) is 74.1. The van der Waals surface area contributed by atoms with Crippen LogP contribution in [0.3, 0.4) is 0 Å². The van der Waals surface area contributed by atoms with Crippen LogP contribution in [-0.2, 0) is 35.4 Å². The van der Waals surface area contributed by atoms with Gasteiger partial charge in [-0.05, 0) is 68.1 Å². The zero-order chi connectivity index (χ0) is 68.5. The van der Waals surface area contributed by atoms with E-state index in [4.69, 9.17) is 75.9 Å². The van der Waals surface area contributed by atoms with Crippen molar-refractivity contribution in [3.63, 3.8) is 0 Å². The fraction of sp³-hybridized carbons (Fsp3) is 0.562. The van der Waals surface area contributed by atoms with Crippen LogP contribution in [0.15, 0.2) is 98.6 Å². The van der Waals surface area contributed by atoms with Crippen LogP contribution in [0.2, 0.25) is 54.6 Å². The van der Waals surface area contributed by atoms with E-state index < -0.39 is 93.5 Å². The molecule has 6 aromatic rings. The van der Waals surface area contributed by atoms with E-state index in [2.05, 4.69) is 159 Å². The topological polar surface area (TPSA) is 274 Å². The molecule has 0 saturated carbocycles. The number of fused-ring (bicyclic) bond motifs is 4. The minimum absolute atomic E-state index is 0.00389. The number of rotatable bonds is 17. The molecule has 0 spiro atoms. The van der Waals surface area contributed by atoms with Crippen LogP contribution in [0.25, 0.3) is 22.3 Å². The second-order valence-electron chi connectivity index (χ2n) is 26.9. The summed E-state index contributed by atoms with van der Waals surface area (Å²) in [5.41, 5.74) is 6.10. The van der Waals surface area contributed by atoms with Crippen LogP contribution < -0.4 is 11.1 Å². The van der Waals surface area contributed by atoms with E-state index in [9.17, 15) is 19.8 Å². The molecule has 4 fully saturated rings. The zero-order valence-corrected chi connectivity index (χ0v) is 62.4. The van der Waals surface area contributed by atoms with Gasteiger partial charge in [0.2, 0.25) is 11.9 Å². The number of ether oxygens (including phenoxy) is 2. The Kier molecular flexibility index (Phi) is 23.6. The number of hydrogen-bond donors (Lipinski definition) is 4. The molecular formula is C64H93Cl3N10O12Si4. The molecule has 6 unspecified atom stereocenters. The molecule has 0 bridgehead atoms. The van der Waals surface area contributed by atoms with Crippen molar-refractivity contribution >= 4 is 114 Å². The standard InChI is InChI=1S/C32H46ClN5O6Si2.C25H42ClN5O5Si2.C7H5ClO/c1-10-16-32(40)26-24(17-41-45(19(2)3,20(4)5)44-46(43-26,21(6)7)22(8)9)42-30(32)38-18-34-25-27(33)35-31(36-28(25)38)37-29(39)23-14-12-11-13-15-23;1-10-11-25(32)20-18(34-23(25)31-13-28-19-21(26)29-24(27)30-22(19)31)12-33-37(14(2)3,15(4)5)36-38(35-20,16(6)7)17(8)9;8-7(9)6-4-2-1-3-5-6/h10-15,18-22,24,26,30,40H,1,16-17H2,2-9H3,(H,35,36,37,39);10,13-18,20,23,32H,1,11-12H2,2-9H3,(H2,27,29,30);1-5H/t24?,26?,30?,32-;18?,20?,23?,25-;/m11./s1. The van der Waals surface area contributed by atoms with Gasteiger partial charge in [-0.2, -0.15) is 19.9 Å². The fourth-order valence-corrected chi connectivity index (χ4v) is 36.6. The van der Waals surface area contributed by atoms with Crippen molar-refractivity contribution < 1.29 is 55.2 Å². The molecule has 22 nitrogen and oxygen atoms in total. The first-order chi connectivity index (χ1) is 43.7. The summed E-state index contributed by atoms with van der Waals surface area (Å²) in [5, 5.41) is 27.6. The Morgan fingerprint density at radius 3 is 1.31 bits per heavy atom. The summed E-state index contributed by atoms with van der Waals surface area (Å²) in [4.78, 5) is 49.4. The highest BCUT2D eigenvalue weighted by Crippen LogP contribution is 2.54. The molecule has 0 radical (unpaired) electrons. The Hall–Kier alpha value is -4.70. The first-order valence-corrected chi connectivity index (χ1v) is 40.9. The average molecular weight is 1410 g/mol. The molecule has 10 rings (SSSR count). The fourth-order valence-electron chi connectivity index (χ4n) is 13.5. The highest BCUT2D eigenvalue weighted by Gasteiger charge is 2.68. The summed E-state index contributed by atoms with van der Waals surface area (Å²) < 4.78 is 59.4. The quantitative estimate of drug-likeness (QED) is 0.0286. The lowest BCUT2D eigenvalue weighted by Gasteiger charge is -2.52. The maximum atomic E-state index is 12.9. The Morgan fingerprint density at radius 2 is 0.957 bits per heavy atom. The smallest absolute Gasteiger partial charge is 0.335 e. The van der Waals surface area contributed by atoms with E-state index in [0.717, 1.165) is 0 Å². The predicted octanol–water partition coefficient (Wildman–Crippen LogP) is 14.2. The number of amides is 1. The van der Waals surface area contributed by atoms with Crippen LogP contribution in [-0.4, -0.2) is 143 Å². The van der Waals surface area contributed by atoms with Crippen LogP contribution in [0, 0.1) is 0 Å². The van der Waals surface area contributed by atoms with Crippen molar-refractivity contribution in [2.75, 3.05) is 24.3 Å². The van der Waals surface area contributed by atoms with Gasteiger partial charge in [-0.25, -0.2) is 9.97 Å². The van der Waals surface area contributed by atoms with Gasteiger partial charge in [0, 0.05) is 24.0 Å². The third-order valence-electron chi connectivity index (χ3n) is 18.3. The van der Waals surface area contributed by atoms with Crippen molar-refractivity contribution in [2.45, 2.75) is 216 Å². The number of nitrogen functional groups attached to an aromatic ring is 1. The SMILES string of the molecule is C=CC[C@@]1(O)C2O[Si](C(C)C)(C(C)C)O[Si](C(C)C)(C(C)C)OCC2OC1n1cnc2c(Cl)nc(N)nc21.C=CC[C@@]1(O)C2O[Si](C(C)C)(C(C)C)O[Si](C(C)C)(C(C)C)OCC2OC1n1cnc2c(Cl)nc(NC(=O)c3ccccc3)nc21.O=C(Cl)c1ccccc1. The Bertz CT molecular complexity index is 3560. The maximum absolute atomic E-state index is 12.9. The van der Waals surface area contributed by atoms with Crippen LogP contribution in [0.5, 0.6) is 0 Å². The van der Waals surface area contributed by atoms with Crippen LogP contribution in [0.4, 0.5) is 11.9 Å². The minimum Gasteiger partial charge on any atom is -0.414 e. The summed E-state index contributed by atoms with van der Waals surface area (Å²) in [7, 11) is -11.7. The van der Waals surface area contributed by atoms with Gasteiger partial charge in [0.05, 0.1) is 25.9 Å². The first-order valence-electron chi connectivity index (χ1n) is 31.9. The number of benzene rings is 2. The van der Waals surface area contributed by atoms with Crippen LogP contribution >= 0.6 is 34.8 Å². The molecule has 29 heteroatoms. The van der Waals surface area contributed by atoms with Crippen LogP contribution in [0.1, 0.15) is 157 Å². The number of imidazole rings is 2. The second kappa shape index (κ2) is 29.6. The number of aromatic nitrogens is 8. The summed E-state index contributed by atoms with van der Waals surface area (Å²) in [6.07, 6.45) is 2.09. The molecule has 4 aliphatic rings. The van der Waals surface area contributed by atoms with Crippen molar-refractivity contribution in [1.82, 2.24) is 39.0 Å². The minimum atomic E-state index is -3.08. The Morgan fingerprint density at radius 1 is 0.591 bits per heavy atom. The van der Waals surface area contributed by atoms with E-state index >= 15 is 0 Å². The van der Waals surface area contributed by atoms with E-state index in [0.29, 0.717) is 27.8 Å². The zero-order valence-electron chi connectivity index (χ0n) is 56.2. The highest BCUT2D eigenvalue weighted by atomic mass is 35.5. The number of aliphatic hydroxyl groups is 2. The lowest BCUT2D eigenvalue weighted by molar-refractivity contribution is -0.104. The summed E-state index contributed by atoms with van der Waals surface area (Å²) >= 11 is 18.0. The number of hydrogen-bond acceptors (Lipinski definition) is 19. The summed E-state index contributed by atoms with van der Waals surface area (Å²) in [6.45, 7) is 42.7. The molecule has 8 atom stereocenters. The van der Waals surface area contributed by atoms with Gasteiger partial charge in [0.25, 0.3) is 11.1 Å². The summed E-state index contributed by atoms with van der Waals surface area (Å²) in [6, 6.07) is 17.5. The Balaban J connectivity index is 0.000000213. The van der Waals surface area contributed by atoms with Gasteiger partial charge >= 0.3 is 34.2 Å². The molecule has 5 N–H and O–H groups in total. The molecular weight excluding hydrogens is 1320 g/mol. The van der Waals surface area contributed by atoms with Gasteiger partial charge in [-0.15, -0.1) is 13.2 Å². The average Bonchev–Trinajstić information content (AvgIpc) is 1.63. The molecule has 1 amide bonds. The lowest BCUT2D eigenvalue weighted by Crippen LogP contribution is -2.67. The molecule has 4 saturated heterocycles. The molecule has 508 valence electrons. The molecule has 4 aromatic heterocycles. The van der Waals surface area contributed by atoms with E-state index in [1.54, 1.807) is 69.8 Å². The molecule has 0 aliphatic carbocycles. The normalized spacial score (nSPS) is 25.7. The molecule has 4 aliphatic heterocycles. The number of nitrogens with one attached hydrogen (secondary N) is 1. The van der Waals surface area contributed by atoms with Gasteiger partial charge < -0.3 is 51.4 Å². The van der Waals surface area contributed by atoms with Gasteiger partial charge in [-0.1, -0.05) is 195 Å². The van der Waals surface area contributed by atoms with Gasteiger partial charge in [0.1, 0.15) is 46.7 Å². The van der Waals surface area contributed by atoms with Gasteiger partial charge in [0.15, 0.2) is 34.1 Å². The van der Waals surface area contributed by atoms with Crippen molar-refractivity contribution in [3.05, 3.63) is 120 Å². The monoisotopic (exact) mass is 1410 g/mol. The van der Waals surface area contributed by atoms with Crippen molar-refractivity contribution in [2.24, 2.45) is 0 Å². The molecule has 2 aromatic carbocycles. The third-order valence-corrected chi connectivity index (χ3v) is 39.5. The predicted molar refractivity (Wildman–Crippen MR) is 371 cm³/mol. The largest absolute Gasteiger partial charge is 0.414 e. The van der Waals surface area contributed by atoms with E-state index in [-0.39, 0.29) is 98.2 Å². The number of anilines is 2. The number of carbonyl (C=O) groups excluding carboxylic acids is 2. The van der Waals surface area contributed by atoms with Gasteiger partial charge in [-0.3, -0.25) is 24.0 Å². The van der Waals surface area contributed by atoms with E-state index in [1.165, 1.54) is 12.7 Å². The Labute approximate surface area is 565 Å². The molecule has 93 heavy (non-hydrogen) atoms. The number of carbonyl (C=O) groups is 2. The third kappa shape index (κ3) is 14.2. The maximum Gasteiger partial charge on any atom is 0.335 e. The highest BCUT2D eigenvalue weighted by molar-refractivity contribution is 6.84. The van der Waals surface area contributed by atoms with Crippen molar-refractivity contribution in [3.8, 4) is 0 Å². The number of halogens is 3. The second-order valence-corrected chi connectivity index (χ2v) is 45.6. The van der Waals surface area contributed by atoms with E-state index in [1.807, 2.05) is 12.1 Å². The van der Waals surface area contributed by atoms with Crippen molar-refractivity contribution in [1.29, 1.82) is 0 Å². The number of nitrogens with two attached hydrogens (primary N) is 1.